The van der Waals surface area contributed by atoms with E-state index in [0.29, 0.717) is 5.41 Å². The van der Waals surface area contributed by atoms with Crippen molar-refractivity contribution in [1.82, 2.24) is 4.90 Å². The van der Waals surface area contributed by atoms with Gasteiger partial charge in [0.05, 0.1) is 5.56 Å². The molecule has 0 N–H and O–H groups in total. The second-order valence-electron chi connectivity index (χ2n) is 5.93. The number of carbonyl (C=O) groups is 1. The fourth-order valence-corrected chi connectivity index (χ4v) is 3.68. The lowest BCUT2D eigenvalue weighted by Crippen LogP contribution is -2.32. The molecule has 2 nitrogen and oxygen atoms in total. The summed E-state index contributed by atoms with van der Waals surface area (Å²) < 4.78 is 1.84. The Hall–Kier alpha value is -0.350. The minimum absolute atomic E-state index is 0.136. The number of benzene rings is 1. The van der Waals surface area contributed by atoms with E-state index >= 15 is 0 Å². The average molecular weight is 389 g/mol. The molecule has 0 saturated carbocycles. The summed E-state index contributed by atoms with van der Waals surface area (Å²) in [7, 11) is 0. The molecule has 0 spiro atoms. The molecule has 4 heteroatoms. The average Bonchev–Trinajstić information content (AvgIpc) is 2.49. The molecular weight excluding hydrogens is 370 g/mol. The number of nitrogens with zero attached hydrogens (tertiary/aromatic N) is 1. The van der Waals surface area contributed by atoms with E-state index in [1.165, 1.54) is 6.42 Å². The predicted octanol–water partition coefficient (Wildman–Crippen LogP) is 4.86. The fraction of sp³-hybridized carbons (Fsp3) is 0.533. The molecule has 0 radical (unpaired) electrons. The zero-order valence-electron chi connectivity index (χ0n) is 11.4. The smallest absolute Gasteiger partial charge is 0.254 e. The van der Waals surface area contributed by atoms with E-state index in [-0.39, 0.29) is 5.91 Å². The molecule has 0 bridgehead atoms. The van der Waals surface area contributed by atoms with E-state index in [1.807, 2.05) is 23.1 Å². The van der Waals surface area contributed by atoms with Crippen LogP contribution in [0.25, 0.3) is 0 Å². The summed E-state index contributed by atoms with van der Waals surface area (Å²) in [6.07, 6.45) is 3.36. The highest BCUT2D eigenvalue weighted by molar-refractivity contribution is 9.11. The fourth-order valence-electron chi connectivity index (χ4n) is 2.46. The van der Waals surface area contributed by atoms with E-state index in [0.717, 1.165) is 40.4 Å². The van der Waals surface area contributed by atoms with Crippen molar-refractivity contribution >= 4 is 37.8 Å². The van der Waals surface area contributed by atoms with Crippen molar-refractivity contribution in [2.45, 2.75) is 33.1 Å². The summed E-state index contributed by atoms with van der Waals surface area (Å²) in [5.41, 5.74) is 1.11. The first-order chi connectivity index (χ1) is 8.89. The zero-order chi connectivity index (χ0) is 14.0. The lowest BCUT2D eigenvalue weighted by Gasteiger charge is -2.23. The Morgan fingerprint density at radius 3 is 2.63 bits per heavy atom. The lowest BCUT2D eigenvalue weighted by atomic mass is 9.85. The Balaban J connectivity index is 2.15. The van der Waals surface area contributed by atoms with Crippen LogP contribution in [0.4, 0.5) is 0 Å². The molecule has 1 fully saturated rings. The minimum Gasteiger partial charge on any atom is -0.339 e. The first-order valence-electron chi connectivity index (χ1n) is 6.63. The second kappa shape index (κ2) is 5.96. The van der Waals surface area contributed by atoms with Gasteiger partial charge in [-0.3, -0.25) is 4.79 Å². The van der Waals surface area contributed by atoms with Gasteiger partial charge in [0.2, 0.25) is 0 Å². The van der Waals surface area contributed by atoms with Gasteiger partial charge in [-0.1, -0.05) is 29.8 Å². The monoisotopic (exact) mass is 387 g/mol. The molecular formula is C15H19Br2NO. The number of amides is 1. The van der Waals surface area contributed by atoms with Crippen molar-refractivity contribution in [1.29, 1.82) is 0 Å². The lowest BCUT2D eigenvalue weighted by molar-refractivity contribution is 0.0756. The maximum Gasteiger partial charge on any atom is 0.254 e. The van der Waals surface area contributed by atoms with Gasteiger partial charge in [0.25, 0.3) is 5.91 Å². The van der Waals surface area contributed by atoms with Crippen molar-refractivity contribution in [3.05, 3.63) is 32.7 Å². The normalized spacial score (nSPS) is 19.1. The summed E-state index contributed by atoms with van der Waals surface area (Å²) in [6.45, 7) is 6.30. The minimum atomic E-state index is 0.136. The zero-order valence-corrected chi connectivity index (χ0v) is 14.6. The van der Waals surface area contributed by atoms with Gasteiger partial charge in [0, 0.05) is 22.0 Å². The van der Waals surface area contributed by atoms with E-state index in [1.54, 1.807) is 0 Å². The summed E-state index contributed by atoms with van der Waals surface area (Å²) in [4.78, 5) is 14.6. The third kappa shape index (κ3) is 3.82. The molecule has 1 aromatic rings. The van der Waals surface area contributed by atoms with Gasteiger partial charge in [0.15, 0.2) is 0 Å². The van der Waals surface area contributed by atoms with E-state index in [9.17, 15) is 4.79 Å². The third-order valence-electron chi connectivity index (χ3n) is 3.79. The molecule has 1 aliphatic heterocycles. The molecule has 19 heavy (non-hydrogen) atoms. The summed E-state index contributed by atoms with van der Waals surface area (Å²) >= 11 is 6.89. The molecule has 1 saturated heterocycles. The summed E-state index contributed by atoms with van der Waals surface area (Å²) in [5, 5.41) is 0. The van der Waals surface area contributed by atoms with E-state index < -0.39 is 0 Å². The molecule has 104 valence electrons. The quantitative estimate of drug-likeness (QED) is 0.672. The van der Waals surface area contributed by atoms with Crippen LogP contribution in [-0.4, -0.2) is 23.9 Å². The van der Waals surface area contributed by atoms with Crippen molar-refractivity contribution in [2.75, 3.05) is 13.1 Å². The molecule has 0 aliphatic carbocycles. The van der Waals surface area contributed by atoms with Crippen LogP contribution in [0.3, 0.4) is 0 Å². The van der Waals surface area contributed by atoms with Crippen LogP contribution < -0.4 is 0 Å². The van der Waals surface area contributed by atoms with E-state index in [4.69, 9.17) is 0 Å². The number of halogens is 2. The molecule has 1 heterocycles. The molecule has 1 aliphatic rings. The highest BCUT2D eigenvalue weighted by Gasteiger charge is 2.26. The Kier molecular flexibility index (Phi) is 4.72. The van der Waals surface area contributed by atoms with Crippen molar-refractivity contribution in [3.63, 3.8) is 0 Å². The summed E-state index contributed by atoms with van der Waals surface area (Å²) in [6, 6.07) is 5.72. The summed E-state index contributed by atoms with van der Waals surface area (Å²) in [5.74, 6) is 0.136. The number of carbonyl (C=O) groups excluding carboxylic acids is 1. The Bertz CT molecular complexity index is 485. The second-order valence-corrected chi connectivity index (χ2v) is 7.70. The van der Waals surface area contributed by atoms with Gasteiger partial charge in [-0.2, -0.15) is 0 Å². The van der Waals surface area contributed by atoms with Crippen molar-refractivity contribution in [2.24, 2.45) is 5.41 Å². The topological polar surface area (TPSA) is 20.3 Å². The predicted molar refractivity (Wildman–Crippen MR) is 85.4 cm³/mol. The van der Waals surface area contributed by atoms with Crippen LogP contribution in [0.5, 0.6) is 0 Å². The van der Waals surface area contributed by atoms with Gasteiger partial charge in [0.1, 0.15) is 0 Å². The molecule has 1 amide bonds. The largest absolute Gasteiger partial charge is 0.339 e. The van der Waals surface area contributed by atoms with Crippen LogP contribution in [0.1, 0.15) is 43.5 Å². The number of hydrogen-bond donors (Lipinski definition) is 0. The van der Waals surface area contributed by atoms with Gasteiger partial charge >= 0.3 is 0 Å². The molecule has 2 rings (SSSR count). The van der Waals surface area contributed by atoms with Crippen LogP contribution in [0.2, 0.25) is 0 Å². The van der Waals surface area contributed by atoms with E-state index in [2.05, 4.69) is 45.7 Å². The van der Waals surface area contributed by atoms with Crippen LogP contribution in [-0.2, 0) is 0 Å². The van der Waals surface area contributed by atoms with Crippen molar-refractivity contribution in [3.8, 4) is 0 Å². The standard InChI is InChI=1S/C15H19Br2NO/c1-15(2)6-3-8-18(9-7-15)14(19)12-5-4-11(16)10-13(12)17/h4-5,10H,3,6-9H2,1-2H3. The SMILES string of the molecule is CC1(C)CCCN(C(=O)c2ccc(Br)cc2Br)CC1. The highest BCUT2D eigenvalue weighted by atomic mass is 79.9. The van der Waals surface area contributed by atoms with Crippen LogP contribution in [0.15, 0.2) is 27.1 Å². The Morgan fingerprint density at radius 2 is 1.95 bits per heavy atom. The highest BCUT2D eigenvalue weighted by Crippen LogP contribution is 2.31. The third-order valence-corrected chi connectivity index (χ3v) is 4.94. The molecule has 1 aromatic carbocycles. The van der Waals surface area contributed by atoms with Gasteiger partial charge < -0.3 is 4.90 Å². The maximum atomic E-state index is 12.6. The van der Waals surface area contributed by atoms with Gasteiger partial charge in [-0.05, 0) is 58.8 Å². The molecule has 0 unspecified atom stereocenters. The van der Waals surface area contributed by atoms with Gasteiger partial charge in [-0.15, -0.1) is 0 Å². The van der Waals surface area contributed by atoms with Crippen molar-refractivity contribution < 1.29 is 4.79 Å². The molecule has 0 atom stereocenters. The van der Waals surface area contributed by atoms with Crippen LogP contribution >= 0.6 is 31.9 Å². The maximum absolute atomic E-state index is 12.6. The first kappa shape index (κ1) is 15.0. The number of hydrogen-bond acceptors (Lipinski definition) is 1. The molecule has 0 aromatic heterocycles. The Labute approximate surface area is 131 Å². The Morgan fingerprint density at radius 1 is 1.21 bits per heavy atom. The number of likely N-dealkylation sites (tertiary alicyclic amines) is 1. The number of rotatable bonds is 1. The van der Waals surface area contributed by atoms with Crippen LogP contribution in [0, 0.1) is 5.41 Å². The first-order valence-corrected chi connectivity index (χ1v) is 8.22. The van der Waals surface area contributed by atoms with Gasteiger partial charge in [-0.25, -0.2) is 0 Å².